The van der Waals surface area contributed by atoms with E-state index in [4.69, 9.17) is 14.7 Å². The Morgan fingerprint density at radius 1 is 1.40 bits per heavy atom. The molecule has 0 aromatic heterocycles. The molecule has 0 fully saturated rings. The minimum atomic E-state index is -0.580. The molecule has 0 radical (unpaired) electrons. The van der Waals surface area contributed by atoms with Gasteiger partial charge in [0.2, 0.25) is 0 Å². The van der Waals surface area contributed by atoms with Crippen LogP contribution in [0.1, 0.15) is 25.8 Å². The molecule has 0 saturated carbocycles. The third kappa shape index (κ3) is 4.77. The first kappa shape index (κ1) is 15.8. The van der Waals surface area contributed by atoms with Crippen molar-refractivity contribution in [1.82, 2.24) is 0 Å². The molecule has 1 atom stereocenters. The van der Waals surface area contributed by atoms with Gasteiger partial charge in [0.25, 0.3) is 0 Å². The predicted molar refractivity (Wildman–Crippen MR) is 77.0 cm³/mol. The van der Waals surface area contributed by atoms with Crippen LogP contribution in [0.25, 0.3) is 6.08 Å². The van der Waals surface area contributed by atoms with E-state index in [9.17, 15) is 4.79 Å². The summed E-state index contributed by atoms with van der Waals surface area (Å²) in [6.45, 7) is 4.35. The summed E-state index contributed by atoms with van der Waals surface area (Å²) in [7, 11) is 1.58. The maximum Gasteiger partial charge on any atom is 0.348 e. The second kappa shape index (κ2) is 8.00. The minimum Gasteiger partial charge on any atom is -0.497 e. The molecule has 0 bridgehead atoms. The maximum atomic E-state index is 11.8. The van der Waals surface area contributed by atoms with Crippen LogP contribution in [-0.4, -0.2) is 19.7 Å². The molecule has 1 unspecified atom stereocenters. The molecule has 1 rings (SSSR count). The van der Waals surface area contributed by atoms with Gasteiger partial charge in [0.1, 0.15) is 17.4 Å². The van der Waals surface area contributed by atoms with Gasteiger partial charge in [0, 0.05) is 0 Å². The van der Waals surface area contributed by atoms with Crippen molar-refractivity contribution in [3.8, 4) is 11.8 Å². The number of rotatable bonds is 6. The summed E-state index contributed by atoms with van der Waals surface area (Å²) >= 11 is 0. The number of nitriles is 1. The van der Waals surface area contributed by atoms with Crippen LogP contribution in [-0.2, 0) is 9.53 Å². The molecule has 1 aromatic carbocycles. The van der Waals surface area contributed by atoms with Crippen LogP contribution in [0.4, 0.5) is 0 Å². The highest BCUT2D eigenvalue weighted by atomic mass is 16.5. The Bertz CT molecular complexity index is 512. The molecular formula is C16H19NO3. The molecule has 0 aliphatic carbocycles. The summed E-state index contributed by atoms with van der Waals surface area (Å²) in [6.07, 6.45) is 2.44. The largest absolute Gasteiger partial charge is 0.497 e. The van der Waals surface area contributed by atoms with Gasteiger partial charge in [-0.3, -0.25) is 0 Å². The number of hydrogen-bond acceptors (Lipinski definition) is 4. The fourth-order valence-electron chi connectivity index (χ4n) is 1.42. The predicted octanol–water partition coefficient (Wildman–Crippen LogP) is 3.19. The molecule has 0 spiro atoms. The monoisotopic (exact) mass is 273 g/mol. The molecule has 4 heteroatoms. The number of ether oxygens (including phenoxy) is 2. The highest BCUT2D eigenvalue weighted by Crippen LogP contribution is 2.14. The zero-order chi connectivity index (χ0) is 15.0. The summed E-state index contributed by atoms with van der Waals surface area (Å²) < 4.78 is 10.2. The van der Waals surface area contributed by atoms with Crippen molar-refractivity contribution in [2.75, 3.05) is 13.7 Å². The first-order chi connectivity index (χ1) is 9.60. The Labute approximate surface area is 119 Å². The van der Waals surface area contributed by atoms with Gasteiger partial charge in [-0.2, -0.15) is 5.26 Å². The number of nitrogens with zero attached hydrogens (tertiary/aromatic N) is 1. The van der Waals surface area contributed by atoms with Gasteiger partial charge in [-0.1, -0.05) is 32.4 Å². The van der Waals surface area contributed by atoms with E-state index in [1.165, 1.54) is 6.08 Å². The van der Waals surface area contributed by atoms with Gasteiger partial charge < -0.3 is 9.47 Å². The smallest absolute Gasteiger partial charge is 0.348 e. The lowest BCUT2D eigenvalue weighted by atomic mass is 10.1. The normalized spacial score (nSPS) is 12.4. The van der Waals surface area contributed by atoms with Gasteiger partial charge in [0.05, 0.1) is 13.7 Å². The second-order valence-electron chi connectivity index (χ2n) is 4.55. The number of carbonyl (C=O) groups is 1. The first-order valence-electron chi connectivity index (χ1n) is 6.53. The summed E-state index contributed by atoms with van der Waals surface area (Å²) in [5.74, 6) is 0.434. The number of hydrogen-bond donors (Lipinski definition) is 0. The molecule has 0 aliphatic heterocycles. The maximum absolute atomic E-state index is 11.8. The lowest BCUT2D eigenvalue weighted by molar-refractivity contribution is -0.139. The van der Waals surface area contributed by atoms with E-state index in [0.717, 1.165) is 17.7 Å². The van der Waals surface area contributed by atoms with E-state index in [1.54, 1.807) is 31.4 Å². The van der Waals surface area contributed by atoms with Gasteiger partial charge in [-0.15, -0.1) is 0 Å². The Hall–Kier alpha value is -2.28. The topological polar surface area (TPSA) is 59.3 Å². The number of carbonyl (C=O) groups excluding carboxylic acids is 1. The highest BCUT2D eigenvalue weighted by Gasteiger charge is 2.12. The summed E-state index contributed by atoms with van der Waals surface area (Å²) in [5, 5.41) is 9.04. The van der Waals surface area contributed by atoms with Crippen molar-refractivity contribution >= 4 is 12.0 Å². The van der Waals surface area contributed by atoms with Crippen LogP contribution in [0.5, 0.6) is 5.75 Å². The average molecular weight is 273 g/mol. The van der Waals surface area contributed by atoms with Crippen molar-refractivity contribution in [3.63, 3.8) is 0 Å². The van der Waals surface area contributed by atoms with Crippen molar-refractivity contribution in [1.29, 1.82) is 5.26 Å². The van der Waals surface area contributed by atoms with Crippen molar-refractivity contribution in [2.45, 2.75) is 20.3 Å². The Balaban J connectivity index is 2.75. The van der Waals surface area contributed by atoms with E-state index in [2.05, 4.69) is 0 Å². The lowest BCUT2D eigenvalue weighted by Gasteiger charge is -2.08. The Morgan fingerprint density at radius 2 is 2.05 bits per heavy atom. The van der Waals surface area contributed by atoms with E-state index in [-0.39, 0.29) is 5.57 Å². The van der Waals surface area contributed by atoms with Crippen LogP contribution < -0.4 is 4.74 Å². The molecule has 20 heavy (non-hydrogen) atoms. The van der Waals surface area contributed by atoms with E-state index >= 15 is 0 Å². The van der Waals surface area contributed by atoms with Crippen LogP contribution >= 0.6 is 0 Å². The van der Waals surface area contributed by atoms with Gasteiger partial charge >= 0.3 is 5.97 Å². The molecular weight excluding hydrogens is 254 g/mol. The Kier molecular flexibility index (Phi) is 6.31. The van der Waals surface area contributed by atoms with Crippen LogP contribution in [0.2, 0.25) is 0 Å². The number of esters is 1. The zero-order valence-corrected chi connectivity index (χ0v) is 12.1. The molecule has 1 aromatic rings. The standard InChI is InChI=1S/C16H19NO3/c1-4-12(2)11-20-16(18)14(10-17)9-13-5-7-15(19-3)8-6-13/h5-9,12H,4,11H2,1-3H3/b14-9+. The lowest BCUT2D eigenvalue weighted by Crippen LogP contribution is -2.12. The molecule has 106 valence electrons. The molecule has 4 nitrogen and oxygen atoms in total. The van der Waals surface area contributed by atoms with E-state index in [1.807, 2.05) is 19.9 Å². The average Bonchev–Trinajstić information content (AvgIpc) is 2.50. The molecule has 0 heterocycles. The van der Waals surface area contributed by atoms with Crippen LogP contribution in [0, 0.1) is 17.2 Å². The van der Waals surface area contributed by atoms with Crippen LogP contribution in [0.3, 0.4) is 0 Å². The van der Waals surface area contributed by atoms with Crippen molar-refractivity contribution in [3.05, 3.63) is 35.4 Å². The molecule has 0 saturated heterocycles. The summed E-state index contributed by atoms with van der Waals surface area (Å²) in [4.78, 5) is 11.8. The molecule has 0 aliphatic rings. The van der Waals surface area contributed by atoms with Crippen molar-refractivity contribution < 1.29 is 14.3 Å². The van der Waals surface area contributed by atoms with Gasteiger partial charge in [-0.25, -0.2) is 4.79 Å². The quantitative estimate of drug-likeness (QED) is 0.453. The third-order valence-corrected chi connectivity index (χ3v) is 2.96. The second-order valence-corrected chi connectivity index (χ2v) is 4.55. The zero-order valence-electron chi connectivity index (χ0n) is 12.1. The summed E-state index contributed by atoms with van der Waals surface area (Å²) in [6, 6.07) is 8.97. The SMILES string of the molecule is CCC(C)COC(=O)/C(C#N)=C/c1ccc(OC)cc1. The fourth-order valence-corrected chi connectivity index (χ4v) is 1.42. The van der Waals surface area contributed by atoms with Gasteiger partial charge in [-0.05, 0) is 29.7 Å². The van der Waals surface area contributed by atoms with E-state index < -0.39 is 5.97 Å². The molecule has 0 N–H and O–H groups in total. The molecule has 0 amide bonds. The first-order valence-corrected chi connectivity index (χ1v) is 6.53. The third-order valence-electron chi connectivity index (χ3n) is 2.96. The number of methoxy groups -OCH3 is 1. The number of benzene rings is 1. The highest BCUT2D eigenvalue weighted by molar-refractivity contribution is 5.97. The van der Waals surface area contributed by atoms with Crippen LogP contribution in [0.15, 0.2) is 29.8 Å². The van der Waals surface area contributed by atoms with E-state index in [0.29, 0.717) is 12.5 Å². The van der Waals surface area contributed by atoms with Crippen molar-refractivity contribution in [2.24, 2.45) is 5.92 Å². The Morgan fingerprint density at radius 3 is 2.55 bits per heavy atom. The van der Waals surface area contributed by atoms with Gasteiger partial charge in [0.15, 0.2) is 0 Å². The fraction of sp³-hybridized carbons (Fsp3) is 0.375. The summed E-state index contributed by atoms with van der Waals surface area (Å²) in [5.41, 5.74) is 0.751. The minimum absolute atomic E-state index is 0.00142.